The Kier molecular flexibility index (Phi) is 4.26. The second-order valence-electron chi connectivity index (χ2n) is 5.67. The van der Waals surface area contributed by atoms with E-state index in [1.54, 1.807) is 0 Å². The van der Waals surface area contributed by atoms with Crippen LogP contribution in [0.25, 0.3) is 0 Å². The molecule has 0 bridgehead atoms. The molecule has 3 N–H and O–H groups in total. The standard InChI is InChI=1S/C13H24N2O2/c16-10-13(7-2-1-3-8-13)9-14-12(17)15-11-5-4-6-11/h11,16H,1-10H2,(H2,14,15,17). The molecule has 2 aliphatic rings. The third-order valence-electron chi connectivity index (χ3n) is 4.31. The molecule has 0 aliphatic heterocycles. The van der Waals surface area contributed by atoms with Gasteiger partial charge in [-0.15, -0.1) is 0 Å². The number of nitrogens with one attached hydrogen (secondary N) is 2. The Balaban J connectivity index is 1.72. The van der Waals surface area contributed by atoms with E-state index in [0.29, 0.717) is 12.6 Å². The average molecular weight is 240 g/mol. The monoisotopic (exact) mass is 240 g/mol. The fourth-order valence-electron chi connectivity index (χ4n) is 2.75. The Morgan fingerprint density at radius 2 is 1.88 bits per heavy atom. The minimum atomic E-state index is -0.0619. The molecule has 0 aromatic carbocycles. The van der Waals surface area contributed by atoms with Crippen LogP contribution in [0.3, 0.4) is 0 Å². The van der Waals surface area contributed by atoms with Gasteiger partial charge in [0, 0.05) is 18.0 Å². The van der Waals surface area contributed by atoms with Crippen molar-refractivity contribution in [3.05, 3.63) is 0 Å². The fourth-order valence-corrected chi connectivity index (χ4v) is 2.75. The summed E-state index contributed by atoms with van der Waals surface area (Å²) in [6, 6.07) is 0.319. The third-order valence-corrected chi connectivity index (χ3v) is 4.31. The van der Waals surface area contributed by atoms with Crippen LogP contribution in [0.5, 0.6) is 0 Å². The Morgan fingerprint density at radius 1 is 1.18 bits per heavy atom. The lowest BCUT2D eigenvalue weighted by molar-refractivity contribution is 0.0831. The number of carbonyl (C=O) groups excluding carboxylic acids is 1. The van der Waals surface area contributed by atoms with Gasteiger partial charge in [0.05, 0.1) is 6.61 Å². The van der Waals surface area contributed by atoms with Crippen LogP contribution in [-0.4, -0.2) is 30.3 Å². The molecule has 0 aromatic rings. The molecule has 2 saturated carbocycles. The lowest BCUT2D eigenvalue weighted by Crippen LogP contribution is -2.49. The summed E-state index contributed by atoms with van der Waals surface area (Å²) < 4.78 is 0. The van der Waals surface area contributed by atoms with Crippen LogP contribution in [0, 0.1) is 5.41 Å². The highest BCUT2D eigenvalue weighted by molar-refractivity contribution is 5.74. The summed E-state index contributed by atoms with van der Waals surface area (Å²) in [5, 5.41) is 15.4. The highest BCUT2D eigenvalue weighted by Crippen LogP contribution is 2.35. The summed E-state index contributed by atoms with van der Waals surface area (Å²) in [4.78, 5) is 11.6. The number of hydrogen-bond donors (Lipinski definition) is 3. The molecule has 0 atom stereocenters. The summed E-state index contributed by atoms with van der Waals surface area (Å²) in [6.07, 6.45) is 9.12. The van der Waals surface area contributed by atoms with Gasteiger partial charge in [0.15, 0.2) is 0 Å². The number of amides is 2. The van der Waals surface area contributed by atoms with Gasteiger partial charge in [-0.25, -0.2) is 4.79 Å². The molecule has 0 radical (unpaired) electrons. The van der Waals surface area contributed by atoms with Gasteiger partial charge in [-0.2, -0.15) is 0 Å². The highest BCUT2D eigenvalue weighted by Gasteiger charge is 2.32. The fraction of sp³-hybridized carbons (Fsp3) is 0.923. The molecule has 0 heterocycles. The first-order chi connectivity index (χ1) is 8.24. The van der Waals surface area contributed by atoms with Crippen LogP contribution in [0.4, 0.5) is 4.79 Å². The molecule has 0 unspecified atom stereocenters. The molecule has 98 valence electrons. The van der Waals surface area contributed by atoms with Crippen LogP contribution >= 0.6 is 0 Å². The Morgan fingerprint density at radius 3 is 2.41 bits per heavy atom. The van der Waals surface area contributed by atoms with Crippen LogP contribution in [-0.2, 0) is 0 Å². The molecule has 0 aromatic heterocycles. The van der Waals surface area contributed by atoms with Crippen LogP contribution < -0.4 is 10.6 Å². The van der Waals surface area contributed by atoms with Gasteiger partial charge in [0.2, 0.25) is 0 Å². The topological polar surface area (TPSA) is 61.4 Å². The number of urea groups is 1. The van der Waals surface area contributed by atoms with Gasteiger partial charge in [0.25, 0.3) is 0 Å². The molecule has 4 nitrogen and oxygen atoms in total. The molecule has 0 saturated heterocycles. The largest absolute Gasteiger partial charge is 0.396 e. The van der Waals surface area contributed by atoms with Crippen molar-refractivity contribution in [1.29, 1.82) is 0 Å². The van der Waals surface area contributed by atoms with Crippen LogP contribution in [0.15, 0.2) is 0 Å². The van der Waals surface area contributed by atoms with Gasteiger partial charge in [-0.3, -0.25) is 0 Å². The van der Waals surface area contributed by atoms with E-state index in [1.807, 2.05) is 0 Å². The van der Waals surface area contributed by atoms with Crippen molar-refractivity contribution in [3.63, 3.8) is 0 Å². The molecule has 0 spiro atoms. The molecule has 2 amide bonds. The summed E-state index contributed by atoms with van der Waals surface area (Å²) in [5.74, 6) is 0. The van der Waals surface area contributed by atoms with Crippen molar-refractivity contribution in [1.82, 2.24) is 10.6 Å². The van der Waals surface area contributed by atoms with Crippen LogP contribution in [0.1, 0.15) is 51.4 Å². The number of carbonyl (C=O) groups is 1. The normalized spacial score (nSPS) is 23.8. The summed E-state index contributed by atoms with van der Waals surface area (Å²) >= 11 is 0. The SMILES string of the molecule is O=C(NCC1(CO)CCCCC1)NC1CCC1. The third kappa shape index (κ3) is 3.35. The summed E-state index contributed by atoms with van der Waals surface area (Å²) in [6.45, 7) is 0.804. The first-order valence-corrected chi connectivity index (χ1v) is 6.89. The Hall–Kier alpha value is -0.770. The van der Waals surface area contributed by atoms with Crippen LogP contribution in [0.2, 0.25) is 0 Å². The smallest absolute Gasteiger partial charge is 0.315 e. The lowest BCUT2D eigenvalue weighted by Gasteiger charge is -2.36. The van der Waals surface area contributed by atoms with E-state index in [2.05, 4.69) is 10.6 Å². The molecule has 2 aliphatic carbocycles. The zero-order valence-corrected chi connectivity index (χ0v) is 10.5. The molecular formula is C13H24N2O2. The molecule has 2 fully saturated rings. The maximum atomic E-state index is 11.6. The first-order valence-electron chi connectivity index (χ1n) is 6.89. The van der Waals surface area contributed by atoms with Gasteiger partial charge >= 0.3 is 6.03 Å². The van der Waals surface area contributed by atoms with Gasteiger partial charge in [-0.05, 0) is 32.1 Å². The molecule has 17 heavy (non-hydrogen) atoms. The quantitative estimate of drug-likeness (QED) is 0.701. The minimum Gasteiger partial charge on any atom is -0.396 e. The number of aliphatic hydroxyl groups is 1. The van der Waals surface area contributed by atoms with Crippen molar-refractivity contribution < 1.29 is 9.90 Å². The van der Waals surface area contributed by atoms with E-state index in [9.17, 15) is 9.90 Å². The van der Waals surface area contributed by atoms with Gasteiger partial charge in [-0.1, -0.05) is 19.3 Å². The van der Waals surface area contributed by atoms with E-state index in [1.165, 1.54) is 25.7 Å². The second-order valence-corrected chi connectivity index (χ2v) is 5.67. The number of hydrogen-bond acceptors (Lipinski definition) is 2. The number of aliphatic hydroxyl groups excluding tert-OH is 1. The zero-order valence-electron chi connectivity index (χ0n) is 10.5. The predicted octanol–water partition coefficient (Wildman–Crippen LogP) is 1.78. The summed E-state index contributed by atoms with van der Waals surface area (Å²) in [7, 11) is 0. The highest BCUT2D eigenvalue weighted by atomic mass is 16.3. The molecule has 4 heteroatoms. The van der Waals surface area contributed by atoms with E-state index < -0.39 is 0 Å². The van der Waals surface area contributed by atoms with Gasteiger partial charge in [0.1, 0.15) is 0 Å². The van der Waals surface area contributed by atoms with Crippen molar-refractivity contribution in [2.45, 2.75) is 57.4 Å². The molecular weight excluding hydrogens is 216 g/mol. The lowest BCUT2D eigenvalue weighted by atomic mass is 9.74. The first kappa shape index (κ1) is 12.7. The predicted molar refractivity (Wildman–Crippen MR) is 66.8 cm³/mol. The second kappa shape index (κ2) is 5.71. The average Bonchev–Trinajstić information content (AvgIpc) is 2.32. The maximum absolute atomic E-state index is 11.6. The van der Waals surface area contributed by atoms with Crippen molar-refractivity contribution in [2.24, 2.45) is 5.41 Å². The minimum absolute atomic E-state index is 0.0603. The zero-order chi connectivity index (χ0) is 12.1. The van der Waals surface area contributed by atoms with E-state index in [-0.39, 0.29) is 18.1 Å². The number of rotatable bonds is 4. The van der Waals surface area contributed by atoms with Crippen molar-refractivity contribution in [3.8, 4) is 0 Å². The summed E-state index contributed by atoms with van der Waals surface area (Å²) in [5.41, 5.74) is -0.0603. The molecule has 2 rings (SSSR count). The van der Waals surface area contributed by atoms with E-state index in [4.69, 9.17) is 0 Å². The van der Waals surface area contributed by atoms with Gasteiger partial charge < -0.3 is 15.7 Å². The maximum Gasteiger partial charge on any atom is 0.315 e. The Labute approximate surface area is 103 Å². The van der Waals surface area contributed by atoms with Crippen molar-refractivity contribution in [2.75, 3.05) is 13.2 Å². The van der Waals surface area contributed by atoms with E-state index >= 15 is 0 Å². The van der Waals surface area contributed by atoms with Crippen molar-refractivity contribution >= 4 is 6.03 Å². The van der Waals surface area contributed by atoms with E-state index in [0.717, 1.165) is 25.7 Å². The Bertz CT molecular complexity index is 258.